The number of imidazole rings is 1. The van der Waals surface area contributed by atoms with E-state index < -0.39 is 0 Å². The lowest BCUT2D eigenvalue weighted by molar-refractivity contribution is 0.311. The quantitative estimate of drug-likeness (QED) is 0.665. The van der Waals surface area contributed by atoms with Gasteiger partial charge in [-0.25, -0.2) is 15.0 Å². The molecule has 1 saturated heterocycles. The van der Waals surface area contributed by atoms with Gasteiger partial charge in [-0.3, -0.25) is 0 Å². The maximum atomic E-state index is 5.33. The van der Waals surface area contributed by atoms with E-state index in [-0.39, 0.29) is 0 Å². The normalized spacial score (nSPS) is 15.0. The van der Waals surface area contributed by atoms with Crippen LogP contribution in [-0.2, 0) is 6.54 Å². The topological polar surface area (TPSA) is 91.4 Å². The van der Waals surface area contributed by atoms with Crippen LogP contribution in [0.3, 0.4) is 0 Å². The lowest BCUT2D eigenvalue weighted by atomic mass is 10.3. The van der Waals surface area contributed by atoms with Crippen molar-refractivity contribution in [2.45, 2.75) is 6.54 Å². The summed E-state index contributed by atoms with van der Waals surface area (Å²) in [4.78, 5) is 21.4. The first-order valence-electron chi connectivity index (χ1n) is 9.26. The number of ether oxygens (including phenoxy) is 2. The zero-order valence-electron chi connectivity index (χ0n) is 16.4. The summed E-state index contributed by atoms with van der Waals surface area (Å²) >= 11 is 0. The first-order chi connectivity index (χ1) is 13.7. The standard InChI is InChI=1S/C19H25N7O2/c1-25-4-6-26(7-5-25)19-21-11-13(12-22-19)10-20-18-23-14-8-16(27-2)17(28-3)9-15(14)24-18/h8-9,11-12H,4-7,10H2,1-3H3,(H2,20,23,24). The van der Waals surface area contributed by atoms with E-state index in [1.54, 1.807) is 14.2 Å². The number of likely N-dealkylation sites (N-methyl/N-ethyl adjacent to an activating group) is 1. The number of rotatable bonds is 6. The van der Waals surface area contributed by atoms with Crippen molar-refractivity contribution in [2.75, 3.05) is 57.7 Å². The third kappa shape index (κ3) is 3.79. The summed E-state index contributed by atoms with van der Waals surface area (Å²) in [5, 5.41) is 3.28. The third-order valence-electron chi connectivity index (χ3n) is 4.92. The van der Waals surface area contributed by atoms with Crippen LogP contribution in [0.2, 0.25) is 0 Å². The second kappa shape index (κ2) is 7.89. The molecule has 1 fully saturated rings. The second-order valence-electron chi connectivity index (χ2n) is 6.84. The Morgan fingerprint density at radius 1 is 1.04 bits per heavy atom. The van der Waals surface area contributed by atoms with Crippen LogP contribution in [0.1, 0.15) is 5.56 Å². The highest BCUT2D eigenvalue weighted by Gasteiger charge is 2.16. The number of nitrogens with one attached hydrogen (secondary N) is 2. The Bertz CT molecular complexity index is 892. The molecule has 0 spiro atoms. The molecule has 1 aliphatic rings. The molecule has 2 N–H and O–H groups in total. The molecule has 1 aromatic carbocycles. The van der Waals surface area contributed by atoms with Gasteiger partial charge in [0.1, 0.15) is 0 Å². The first kappa shape index (κ1) is 18.3. The number of H-pyrrole nitrogens is 1. The predicted octanol–water partition coefficient (Wildman–Crippen LogP) is 1.73. The number of hydrogen-bond acceptors (Lipinski definition) is 8. The van der Waals surface area contributed by atoms with Crippen LogP contribution in [0, 0.1) is 0 Å². The maximum Gasteiger partial charge on any atom is 0.225 e. The van der Waals surface area contributed by atoms with E-state index in [4.69, 9.17) is 9.47 Å². The number of aromatic nitrogens is 4. The van der Waals surface area contributed by atoms with E-state index in [1.165, 1.54) is 0 Å². The summed E-state index contributed by atoms with van der Waals surface area (Å²) in [5.41, 5.74) is 2.68. The summed E-state index contributed by atoms with van der Waals surface area (Å²) < 4.78 is 10.7. The lowest BCUT2D eigenvalue weighted by Crippen LogP contribution is -2.45. The van der Waals surface area contributed by atoms with Gasteiger partial charge in [0, 0.05) is 62.8 Å². The SMILES string of the molecule is COc1cc2nc(NCc3cnc(N4CCN(C)CC4)nc3)[nH]c2cc1OC. The number of benzene rings is 1. The van der Waals surface area contributed by atoms with E-state index in [1.807, 2.05) is 24.5 Å². The average Bonchev–Trinajstić information content (AvgIpc) is 3.14. The van der Waals surface area contributed by atoms with E-state index in [0.29, 0.717) is 24.0 Å². The number of anilines is 2. The Labute approximate surface area is 163 Å². The number of piperazine rings is 1. The van der Waals surface area contributed by atoms with Crippen LogP contribution in [0.5, 0.6) is 11.5 Å². The molecule has 0 atom stereocenters. The minimum absolute atomic E-state index is 0.580. The summed E-state index contributed by atoms with van der Waals surface area (Å²) in [6.07, 6.45) is 3.73. The molecule has 9 nitrogen and oxygen atoms in total. The Balaban J connectivity index is 1.41. The van der Waals surface area contributed by atoms with Crippen molar-refractivity contribution in [3.8, 4) is 11.5 Å². The van der Waals surface area contributed by atoms with Gasteiger partial charge in [-0.1, -0.05) is 0 Å². The first-order valence-corrected chi connectivity index (χ1v) is 9.26. The predicted molar refractivity (Wildman–Crippen MR) is 108 cm³/mol. The van der Waals surface area contributed by atoms with E-state index in [9.17, 15) is 0 Å². The molecule has 0 amide bonds. The summed E-state index contributed by atoms with van der Waals surface area (Å²) in [5.74, 6) is 2.78. The van der Waals surface area contributed by atoms with Crippen molar-refractivity contribution in [2.24, 2.45) is 0 Å². The molecule has 2 aromatic heterocycles. The van der Waals surface area contributed by atoms with Gasteiger partial charge in [0.15, 0.2) is 11.5 Å². The number of fused-ring (bicyclic) bond motifs is 1. The van der Waals surface area contributed by atoms with Gasteiger partial charge in [0.25, 0.3) is 0 Å². The van der Waals surface area contributed by atoms with E-state index in [2.05, 4.69) is 42.1 Å². The minimum atomic E-state index is 0.580. The van der Waals surface area contributed by atoms with Crippen molar-refractivity contribution in [1.82, 2.24) is 24.8 Å². The van der Waals surface area contributed by atoms with E-state index in [0.717, 1.165) is 48.7 Å². The highest BCUT2D eigenvalue weighted by molar-refractivity contribution is 5.81. The summed E-state index contributed by atoms with van der Waals surface area (Å²) in [6.45, 7) is 4.57. The fourth-order valence-electron chi connectivity index (χ4n) is 3.22. The molecule has 0 radical (unpaired) electrons. The summed E-state index contributed by atoms with van der Waals surface area (Å²) in [7, 11) is 5.36. The molecule has 3 aromatic rings. The van der Waals surface area contributed by atoms with Crippen molar-refractivity contribution < 1.29 is 9.47 Å². The molecule has 4 rings (SSSR count). The van der Waals surface area contributed by atoms with Crippen LogP contribution in [0.4, 0.5) is 11.9 Å². The average molecular weight is 383 g/mol. The number of hydrogen-bond donors (Lipinski definition) is 2. The highest BCUT2D eigenvalue weighted by Crippen LogP contribution is 2.31. The Hall–Kier alpha value is -3.07. The zero-order chi connectivity index (χ0) is 19.5. The minimum Gasteiger partial charge on any atom is -0.493 e. The molecule has 0 aliphatic carbocycles. The van der Waals surface area contributed by atoms with Gasteiger partial charge in [-0.15, -0.1) is 0 Å². The number of nitrogens with zero attached hydrogens (tertiary/aromatic N) is 5. The zero-order valence-corrected chi connectivity index (χ0v) is 16.4. The molecule has 28 heavy (non-hydrogen) atoms. The van der Waals surface area contributed by atoms with Gasteiger partial charge in [0.05, 0.1) is 25.3 Å². The molecule has 148 valence electrons. The second-order valence-corrected chi connectivity index (χ2v) is 6.84. The number of methoxy groups -OCH3 is 2. The van der Waals surface area contributed by atoms with Crippen molar-refractivity contribution in [1.29, 1.82) is 0 Å². The molecule has 0 unspecified atom stereocenters. The molecule has 0 bridgehead atoms. The van der Waals surface area contributed by atoms with Crippen LogP contribution in [0.15, 0.2) is 24.5 Å². The fourth-order valence-corrected chi connectivity index (χ4v) is 3.22. The van der Waals surface area contributed by atoms with Gasteiger partial charge < -0.3 is 29.6 Å². The fraction of sp³-hybridized carbons (Fsp3) is 0.421. The number of aromatic amines is 1. The van der Waals surface area contributed by atoms with Crippen molar-refractivity contribution >= 4 is 22.9 Å². The monoisotopic (exact) mass is 383 g/mol. The van der Waals surface area contributed by atoms with Gasteiger partial charge in [0.2, 0.25) is 11.9 Å². The molecular weight excluding hydrogens is 358 g/mol. The van der Waals surface area contributed by atoms with Gasteiger partial charge in [-0.05, 0) is 7.05 Å². The molecule has 1 aliphatic heterocycles. The largest absolute Gasteiger partial charge is 0.493 e. The summed E-state index contributed by atoms with van der Waals surface area (Å²) in [6, 6.07) is 3.73. The van der Waals surface area contributed by atoms with Crippen molar-refractivity contribution in [3.05, 3.63) is 30.1 Å². The van der Waals surface area contributed by atoms with Crippen LogP contribution in [0.25, 0.3) is 11.0 Å². The van der Waals surface area contributed by atoms with Gasteiger partial charge in [-0.2, -0.15) is 0 Å². The van der Waals surface area contributed by atoms with Crippen LogP contribution < -0.4 is 19.7 Å². The van der Waals surface area contributed by atoms with Crippen molar-refractivity contribution in [3.63, 3.8) is 0 Å². The Morgan fingerprint density at radius 3 is 2.39 bits per heavy atom. The highest BCUT2D eigenvalue weighted by atomic mass is 16.5. The maximum absolute atomic E-state index is 5.33. The Morgan fingerprint density at radius 2 is 1.71 bits per heavy atom. The lowest BCUT2D eigenvalue weighted by Gasteiger charge is -2.32. The van der Waals surface area contributed by atoms with E-state index >= 15 is 0 Å². The molecule has 9 heteroatoms. The third-order valence-corrected chi connectivity index (χ3v) is 4.92. The molecule has 3 heterocycles. The Kier molecular flexibility index (Phi) is 5.16. The molecular formula is C19H25N7O2. The van der Waals surface area contributed by atoms with Crippen LogP contribution in [-0.4, -0.2) is 72.3 Å². The van der Waals surface area contributed by atoms with Crippen LogP contribution >= 0.6 is 0 Å². The van der Waals surface area contributed by atoms with Gasteiger partial charge >= 0.3 is 0 Å². The molecule has 0 saturated carbocycles. The smallest absolute Gasteiger partial charge is 0.225 e.